The first-order valence-electron chi connectivity index (χ1n) is 6.99. The Bertz CT molecular complexity index is 507. The number of carboxylic acids is 1. The van der Waals surface area contributed by atoms with E-state index < -0.39 is 12.0 Å². The van der Waals surface area contributed by atoms with E-state index in [4.69, 9.17) is 10.2 Å². The van der Waals surface area contributed by atoms with Gasteiger partial charge in [0.2, 0.25) is 0 Å². The molecule has 1 heterocycles. The number of aliphatic carboxylic acids is 1. The number of hydrogen-bond acceptors (Lipinski definition) is 4. The molecule has 1 amide bonds. The molecule has 2 rings (SSSR count). The second-order valence-corrected chi connectivity index (χ2v) is 5.20. The van der Waals surface area contributed by atoms with Crippen LogP contribution in [-0.4, -0.2) is 64.1 Å². The van der Waals surface area contributed by atoms with E-state index in [-0.39, 0.29) is 12.5 Å². The lowest BCUT2D eigenvalue weighted by Crippen LogP contribution is -2.53. The molecule has 0 aromatic heterocycles. The van der Waals surface area contributed by atoms with Crippen molar-refractivity contribution in [3.05, 3.63) is 35.4 Å². The Kier molecular flexibility index (Phi) is 4.93. The molecule has 0 saturated carbocycles. The van der Waals surface area contributed by atoms with E-state index in [0.29, 0.717) is 31.7 Å². The molecule has 1 aromatic carbocycles. The van der Waals surface area contributed by atoms with E-state index in [1.165, 1.54) is 0 Å². The van der Waals surface area contributed by atoms with E-state index in [2.05, 4.69) is 0 Å². The fourth-order valence-corrected chi connectivity index (χ4v) is 2.40. The fourth-order valence-electron chi connectivity index (χ4n) is 2.40. The first kappa shape index (κ1) is 15.5. The van der Waals surface area contributed by atoms with Crippen LogP contribution < -0.4 is 0 Å². The van der Waals surface area contributed by atoms with Crippen LogP contribution in [-0.2, 0) is 11.4 Å². The number of carbonyl (C=O) groups is 2. The van der Waals surface area contributed by atoms with Crippen molar-refractivity contribution >= 4 is 11.9 Å². The van der Waals surface area contributed by atoms with Crippen LogP contribution in [0.1, 0.15) is 22.8 Å². The van der Waals surface area contributed by atoms with Gasteiger partial charge in [-0.25, -0.2) is 0 Å². The van der Waals surface area contributed by atoms with Crippen LogP contribution in [0.3, 0.4) is 0 Å². The number of amides is 1. The number of rotatable bonds is 4. The molecule has 1 unspecified atom stereocenters. The first-order valence-corrected chi connectivity index (χ1v) is 6.99. The number of nitrogens with zero attached hydrogens (tertiary/aromatic N) is 2. The molecule has 6 nitrogen and oxygen atoms in total. The van der Waals surface area contributed by atoms with Gasteiger partial charge in [0.15, 0.2) is 0 Å². The predicted octanol–water partition coefficient (Wildman–Crippen LogP) is 0.410. The van der Waals surface area contributed by atoms with E-state index in [1.54, 1.807) is 36.1 Å². The highest BCUT2D eigenvalue weighted by Crippen LogP contribution is 2.12. The number of aliphatic hydroxyl groups excluding tert-OH is 1. The van der Waals surface area contributed by atoms with Crippen LogP contribution in [0.5, 0.6) is 0 Å². The van der Waals surface area contributed by atoms with E-state index in [1.807, 2.05) is 4.90 Å². The van der Waals surface area contributed by atoms with Crippen LogP contribution >= 0.6 is 0 Å². The number of carbonyl (C=O) groups excluding carboxylic acids is 1. The molecule has 1 aliphatic heterocycles. The average molecular weight is 292 g/mol. The lowest BCUT2D eigenvalue weighted by molar-refractivity contribution is -0.143. The predicted molar refractivity (Wildman–Crippen MR) is 76.9 cm³/mol. The molecule has 2 N–H and O–H groups in total. The SMILES string of the molecule is CC(C(=O)O)N1CCN(C(=O)c2ccc(CO)cc2)CC1. The topological polar surface area (TPSA) is 81.1 Å². The molecule has 114 valence electrons. The molecule has 1 saturated heterocycles. The van der Waals surface area contributed by atoms with Gasteiger partial charge in [0.1, 0.15) is 6.04 Å². The van der Waals surface area contributed by atoms with E-state index in [9.17, 15) is 9.59 Å². The van der Waals surface area contributed by atoms with Crippen molar-refractivity contribution in [3.8, 4) is 0 Å². The molecule has 0 spiro atoms. The van der Waals surface area contributed by atoms with Gasteiger partial charge in [-0.15, -0.1) is 0 Å². The molecule has 0 aliphatic carbocycles. The maximum Gasteiger partial charge on any atom is 0.320 e. The van der Waals surface area contributed by atoms with Gasteiger partial charge >= 0.3 is 5.97 Å². The first-order chi connectivity index (χ1) is 10.0. The standard InChI is InChI=1S/C15H20N2O4/c1-11(15(20)21)16-6-8-17(9-7-16)14(19)13-4-2-12(10-18)3-5-13/h2-5,11,18H,6-10H2,1H3,(H,20,21). The molecule has 0 bridgehead atoms. The third-order valence-electron chi connectivity index (χ3n) is 3.89. The Morgan fingerprint density at radius 3 is 2.19 bits per heavy atom. The molecular weight excluding hydrogens is 272 g/mol. The Morgan fingerprint density at radius 2 is 1.71 bits per heavy atom. The summed E-state index contributed by atoms with van der Waals surface area (Å²) in [5.74, 6) is -0.892. The minimum absolute atomic E-state index is 0.0414. The van der Waals surface area contributed by atoms with Crippen molar-refractivity contribution in [2.24, 2.45) is 0 Å². The van der Waals surface area contributed by atoms with Gasteiger partial charge < -0.3 is 15.1 Å². The summed E-state index contributed by atoms with van der Waals surface area (Å²) in [6.45, 7) is 3.80. The van der Waals surface area contributed by atoms with Crippen LogP contribution in [0.15, 0.2) is 24.3 Å². The largest absolute Gasteiger partial charge is 0.480 e. The summed E-state index contributed by atoms with van der Waals surface area (Å²) in [5.41, 5.74) is 1.36. The molecular formula is C15H20N2O4. The second-order valence-electron chi connectivity index (χ2n) is 5.20. The van der Waals surface area contributed by atoms with E-state index in [0.717, 1.165) is 5.56 Å². The summed E-state index contributed by atoms with van der Waals surface area (Å²) in [6, 6.07) is 6.36. The van der Waals surface area contributed by atoms with Gasteiger partial charge in [0.25, 0.3) is 5.91 Å². The lowest BCUT2D eigenvalue weighted by Gasteiger charge is -2.36. The van der Waals surface area contributed by atoms with Crippen molar-refractivity contribution in [3.63, 3.8) is 0 Å². The zero-order valence-electron chi connectivity index (χ0n) is 12.0. The molecule has 21 heavy (non-hydrogen) atoms. The monoisotopic (exact) mass is 292 g/mol. The highest BCUT2D eigenvalue weighted by atomic mass is 16.4. The van der Waals surface area contributed by atoms with Gasteiger partial charge in [-0.3, -0.25) is 14.5 Å². The lowest BCUT2D eigenvalue weighted by atomic mass is 10.1. The zero-order chi connectivity index (χ0) is 15.4. The summed E-state index contributed by atoms with van der Waals surface area (Å²) in [4.78, 5) is 26.9. The molecule has 6 heteroatoms. The van der Waals surface area contributed by atoms with Gasteiger partial charge in [0.05, 0.1) is 6.61 Å². The van der Waals surface area contributed by atoms with Crippen LogP contribution in [0.25, 0.3) is 0 Å². The Morgan fingerprint density at radius 1 is 1.14 bits per heavy atom. The number of carboxylic acid groups (broad SMARTS) is 1. The smallest absolute Gasteiger partial charge is 0.320 e. The average Bonchev–Trinajstić information content (AvgIpc) is 2.53. The van der Waals surface area contributed by atoms with Crippen molar-refractivity contribution in [2.45, 2.75) is 19.6 Å². The van der Waals surface area contributed by atoms with E-state index >= 15 is 0 Å². The number of piperazine rings is 1. The van der Waals surface area contributed by atoms with Gasteiger partial charge in [-0.05, 0) is 24.6 Å². The summed E-state index contributed by atoms with van der Waals surface area (Å²) >= 11 is 0. The van der Waals surface area contributed by atoms with Crippen molar-refractivity contribution < 1.29 is 19.8 Å². The molecule has 1 aliphatic rings. The Hall–Kier alpha value is -1.92. The fraction of sp³-hybridized carbons (Fsp3) is 0.467. The normalized spacial score (nSPS) is 17.5. The van der Waals surface area contributed by atoms with Gasteiger partial charge in [-0.2, -0.15) is 0 Å². The maximum atomic E-state index is 12.3. The van der Waals surface area contributed by atoms with Gasteiger partial charge in [-0.1, -0.05) is 12.1 Å². The summed E-state index contributed by atoms with van der Waals surface area (Å²) < 4.78 is 0. The quantitative estimate of drug-likeness (QED) is 0.840. The second kappa shape index (κ2) is 6.69. The molecule has 1 atom stereocenters. The Balaban J connectivity index is 1.95. The number of aliphatic hydroxyl groups is 1. The third kappa shape index (κ3) is 3.59. The summed E-state index contributed by atoms with van der Waals surface area (Å²) in [6.07, 6.45) is 0. The highest BCUT2D eigenvalue weighted by molar-refractivity contribution is 5.94. The minimum atomic E-state index is -0.839. The maximum absolute atomic E-state index is 12.3. The van der Waals surface area contributed by atoms with Crippen LogP contribution in [0, 0.1) is 0 Å². The van der Waals surface area contributed by atoms with Gasteiger partial charge in [0, 0.05) is 31.7 Å². The summed E-state index contributed by atoms with van der Waals surface area (Å²) in [7, 11) is 0. The summed E-state index contributed by atoms with van der Waals surface area (Å²) in [5, 5.41) is 18.0. The number of benzene rings is 1. The highest BCUT2D eigenvalue weighted by Gasteiger charge is 2.27. The number of hydrogen-bond donors (Lipinski definition) is 2. The van der Waals surface area contributed by atoms with Crippen molar-refractivity contribution in [1.82, 2.24) is 9.80 Å². The molecule has 1 aromatic rings. The minimum Gasteiger partial charge on any atom is -0.480 e. The van der Waals surface area contributed by atoms with Crippen molar-refractivity contribution in [1.29, 1.82) is 0 Å². The molecule has 0 radical (unpaired) electrons. The van der Waals surface area contributed by atoms with Crippen molar-refractivity contribution in [2.75, 3.05) is 26.2 Å². The van der Waals surface area contributed by atoms with Crippen LogP contribution in [0.4, 0.5) is 0 Å². The Labute approximate surface area is 123 Å². The zero-order valence-corrected chi connectivity index (χ0v) is 12.0. The third-order valence-corrected chi connectivity index (χ3v) is 3.89. The van der Waals surface area contributed by atoms with Crippen LogP contribution in [0.2, 0.25) is 0 Å². The molecule has 1 fully saturated rings.